The first-order valence-corrected chi connectivity index (χ1v) is 5.48. The third-order valence-corrected chi connectivity index (χ3v) is 2.62. The predicted octanol–water partition coefficient (Wildman–Crippen LogP) is 0.698. The van der Waals surface area contributed by atoms with Crippen molar-refractivity contribution in [2.24, 2.45) is 0 Å². The molecule has 16 heavy (non-hydrogen) atoms. The predicted molar refractivity (Wildman–Crippen MR) is 63.0 cm³/mol. The Kier molecular flexibility index (Phi) is 3.36. The van der Waals surface area contributed by atoms with Crippen molar-refractivity contribution < 1.29 is 4.79 Å². The largest absolute Gasteiger partial charge is 0.397 e. The Bertz CT molecular complexity index is 357. The van der Waals surface area contributed by atoms with Gasteiger partial charge in [-0.1, -0.05) is 0 Å². The number of nitrogen functional groups attached to an aromatic ring is 1. The van der Waals surface area contributed by atoms with E-state index in [-0.39, 0.29) is 5.91 Å². The van der Waals surface area contributed by atoms with E-state index in [0.717, 1.165) is 13.1 Å². The highest BCUT2D eigenvalue weighted by atomic mass is 16.2. The average molecular weight is 220 g/mol. The highest BCUT2D eigenvalue weighted by Crippen LogP contribution is 2.08. The lowest BCUT2D eigenvalue weighted by molar-refractivity contribution is -0.117. The molecule has 5 heteroatoms. The van der Waals surface area contributed by atoms with Gasteiger partial charge in [0.2, 0.25) is 5.91 Å². The summed E-state index contributed by atoms with van der Waals surface area (Å²) in [4.78, 5) is 17.8. The molecule has 1 fully saturated rings. The van der Waals surface area contributed by atoms with Crippen LogP contribution in [0.25, 0.3) is 0 Å². The molecular weight excluding hydrogens is 204 g/mol. The molecule has 0 aliphatic carbocycles. The van der Waals surface area contributed by atoms with Crippen molar-refractivity contribution in [3.63, 3.8) is 0 Å². The van der Waals surface area contributed by atoms with Crippen LogP contribution in [0.15, 0.2) is 18.3 Å². The summed E-state index contributed by atoms with van der Waals surface area (Å²) in [6, 6.07) is 3.43. The molecule has 0 saturated carbocycles. The maximum atomic E-state index is 11.6. The van der Waals surface area contributed by atoms with Crippen LogP contribution in [0.1, 0.15) is 12.8 Å². The zero-order chi connectivity index (χ0) is 11.4. The van der Waals surface area contributed by atoms with Gasteiger partial charge >= 0.3 is 0 Å². The molecule has 1 amide bonds. The molecule has 0 unspecified atom stereocenters. The molecular formula is C11H16N4O. The summed E-state index contributed by atoms with van der Waals surface area (Å²) < 4.78 is 0. The summed E-state index contributed by atoms with van der Waals surface area (Å²) in [6.45, 7) is 2.48. The van der Waals surface area contributed by atoms with E-state index in [2.05, 4.69) is 15.2 Å². The third-order valence-electron chi connectivity index (χ3n) is 2.62. The number of pyridine rings is 1. The molecule has 0 atom stereocenters. The molecule has 1 aliphatic heterocycles. The average Bonchev–Trinajstić information content (AvgIpc) is 2.74. The van der Waals surface area contributed by atoms with Gasteiger partial charge in [-0.2, -0.15) is 0 Å². The first-order chi connectivity index (χ1) is 7.74. The lowest BCUT2D eigenvalue weighted by atomic mass is 10.4. The lowest BCUT2D eigenvalue weighted by Crippen LogP contribution is -2.31. The summed E-state index contributed by atoms with van der Waals surface area (Å²) >= 11 is 0. The van der Waals surface area contributed by atoms with Crippen LogP contribution in [0.3, 0.4) is 0 Å². The van der Waals surface area contributed by atoms with Gasteiger partial charge in [0.05, 0.1) is 18.4 Å². The second kappa shape index (κ2) is 4.94. The van der Waals surface area contributed by atoms with Gasteiger partial charge in [0.15, 0.2) is 0 Å². The molecule has 0 radical (unpaired) electrons. The Morgan fingerprint density at radius 1 is 1.44 bits per heavy atom. The quantitative estimate of drug-likeness (QED) is 0.786. The van der Waals surface area contributed by atoms with Gasteiger partial charge in [0.25, 0.3) is 0 Å². The number of hydrogen-bond donors (Lipinski definition) is 2. The van der Waals surface area contributed by atoms with E-state index in [4.69, 9.17) is 5.73 Å². The molecule has 1 aromatic heterocycles. The Morgan fingerprint density at radius 2 is 2.19 bits per heavy atom. The number of nitrogens with two attached hydrogens (primary N) is 1. The van der Waals surface area contributed by atoms with Crippen LogP contribution in [0.4, 0.5) is 11.5 Å². The number of carbonyl (C=O) groups excluding carboxylic acids is 1. The number of anilines is 2. The van der Waals surface area contributed by atoms with E-state index in [1.807, 2.05) is 0 Å². The van der Waals surface area contributed by atoms with Gasteiger partial charge in [0, 0.05) is 0 Å². The second-order valence-corrected chi connectivity index (χ2v) is 4.01. The van der Waals surface area contributed by atoms with Crippen LogP contribution in [0, 0.1) is 0 Å². The van der Waals surface area contributed by atoms with Gasteiger partial charge in [-0.3, -0.25) is 9.69 Å². The summed E-state index contributed by atoms with van der Waals surface area (Å²) in [5.74, 6) is 0.539. The van der Waals surface area contributed by atoms with E-state index < -0.39 is 0 Å². The highest BCUT2D eigenvalue weighted by Gasteiger charge is 2.15. The van der Waals surface area contributed by atoms with Crippen LogP contribution in [0.2, 0.25) is 0 Å². The minimum absolute atomic E-state index is 0.0147. The molecule has 0 aromatic carbocycles. The van der Waals surface area contributed by atoms with Gasteiger partial charge in [-0.15, -0.1) is 0 Å². The number of rotatable bonds is 3. The number of hydrogen-bond acceptors (Lipinski definition) is 4. The summed E-state index contributed by atoms with van der Waals surface area (Å²) in [5, 5.41) is 2.75. The fourth-order valence-corrected chi connectivity index (χ4v) is 1.81. The molecule has 3 N–H and O–H groups in total. The molecule has 1 aromatic rings. The summed E-state index contributed by atoms with van der Waals surface area (Å²) in [6.07, 6.45) is 3.91. The number of likely N-dealkylation sites (tertiary alicyclic amines) is 1. The molecule has 1 saturated heterocycles. The highest BCUT2D eigenvalue weighted by molar-refractivity contribution is 5.91. The van der Waals surface area contributed by atoms with E-state index >= 15 is 0 Å². The van der Waals surface area contributed by atoms with Crippen molar-refractivity contribution >= 4 is 17.4 Å². The minimum Gasteiger partial charge on any atom is -0.397 e. The van der Waals surface area contributed by atoms with Crippen LogP contribution in [-0.4, -0.2) is 35.4 Å². The van der Waals surface area contributed by atoms with Gasteiger partial charge < -0.3 is 11.1 Å². The molecule has 2 rings (SSSR count). The standard InChI is InChI=1S/C11H16N4O/c12-9-3-4-10(13-7-9)14-11(16)8-15-5-1-2-6-15/h3-4,7H,1-2,5-6,8,12H2,(H,13,14,16). The monoisotopic (exact) mass is 220 g/mol. The number of amides is 1. The van der Waals surface area contributed by atoms with Crippen molar-refractivity contribution in [3.05, 3.63) is 18.3 Å². The second-order valence-electron chi connectivity index (χ2n) is 4.01. The SMILES string of the molecule is Nc1ccc(NC(=O)CN2CCCC2)nc1. The van der Waals surface area contributed by atoms with E-state index in [0.29, 0.717) is 18.1 Å². The Morgan fingerprint density at radius 3 is 2.81 bits per heavy atom. The number of carbonyl (C=O) groups is 1. The minimum atomic E-state index is -0.0147. The fraction of sp³-hybridized carbons (Fsp3) is 0.455. The zero-order valence-corrected chi connectivity index (χ0v) is 9.15. The third kappa shape index (κ3) is 2.93. The summed E-state index contributed by atoms with van der Waals surface area (Å²) in [7, 11) is 0. The Balaban J connectivity index is 1.84. The smallest absolute Gasteiger partial charge is 0.239 e. The molecule has 5 nitrogen and oxygen atoms in total. The molecule has 0 spiro atoms. The van der Waals surface area contributed by atoms with E-state index in [1.165, 1.54) is 19.0 Å². The van der Waals surface area contributed by atoms with Crippen LogP contribution < -0.4 is 11.1 Å². The number of nitrogens with one attached hydrogen (secondary N) is 1. The molecule has 1 aliphatic rings. The maximum absolute atomic E-state index is 11.6. The topological polar surface area (TPSA) is 71.2 Å². The van der Waals surface area contributed by atoms with Crippen molar-refractivity contribution in [3.8, 4) is 0 Å². The Labute approximate surface area is 94.6 Å². The fourth-order valence-electron chi connectivity index (χ4n) is 1.81. The number of nitrogens with zero attached hydrogens (tertiary/aromatic N) is 2. The first kappa shape index (κ1) is 10.9. The first-order valence-electron chi connectivity index (χ1n) is 5.48. The van der Waals surface area contributed by atoms with Gasteiger partial charge in [-0.25, -0.2) is 4.98 Å². The van der Waals surface area contributed by atoms with E-state index in [9.17, 15) is 4.79 Å². The normalized spacial score (nSPS) is 16.2. The van der Waals surface area contributed by atoms with Gasteiger partial charge in [-0.05, 0) is 38.1 Å². The Hall–Kier alpha value is -1.62. The van der Waals surface area contributed by atoms with Crippen molar-refractivity contribution in [1.29, 1.82) is 0 Å². The van der Waals surface area contributed by atoms with Crippen LogP contribution in [-0.2, 0) is 4.79 Å². The van der Waals surface area contributed by atoms with Crippen molar-refractivity contribution in [2.75, 3.05) is 30.7 Å². The van der Waals surface area contributed by atoms with Crippen LogP contribution >= 0.6 is 0 Å². The van der Waals surface area contributed by atoms with Crippen molar-refractivity contribution in [1.82, 2.24) is 9.88 Å². The van der Waals surface area contributed by atoms with Gasteiger partial charge in [0.1, 0.15) is 5.82 Å². The zero-order valence-electron chi connectivity index (χ0n) is 9.15. The maximum Gasteiger partial charge on any atom is 0.239 e. The van der Waals surface area contributed by atoms with Crippen LogP contribution in [0.5, 0.6) is 0 Å². The molecule has 86 valence electrons. The molecule has 0 bridgehead atoms. The van der Waals surface area contributed by atoms with E-state index in [1.54, 1.807) is 12.1 Å². The van der Waals surface area contributed by atoms with Crippen molar-refractivity contribution in [2.45, 2.75) is 12.8 Å². The lowest BCUT2D eigenvalue weighted by Gasteiger charge is -2.13. The summed E-state index contributed by atoms with van der Waals surface area (Å²) in [5.41, 5.74) is 6.10. The molecule has 2 heterocycles. The number of aromatic nitrogens is 1.